The molecule has 0 spiro atoms. The monoisotopic (exact) mass is 1090 g/mol. The maximum absolute atomic E-state index is 12.1. The Balaban J connectivity index is 0.000000441. The van der Waals surface area contributed by atoms with Crippen LogP contribution in [0.1, 0.15) is 64.5 Å². The first-order valence-corrected chi connectivity index (χ1v) is 23.3. The first kappa shape index (κ1) is 62.7. The summed E-state index contributed by atoms with van der Waals surface area (Å²) in [6.45, 7) is 9.01. The van der Waals surface area contributed by atoms with Crippen molar-refractivity contribution in [2.24, 2.45) is 11.5 Å². The zero-order valence-corrected chi connectivity index (χ0v) is 41.2. The van der Waals surface area contributed by atoms with Crippen LogP contribution in [0, 0.1) is 0 Å². The van der Waals surface area contributed by atoms with Crippen LogP contribution in [0.25, 0.3) is 0 Å². The van der Waals surface area contributed by atoms with E-state index in [1.54, 1.807) is 53.8 Å². The van der Waals surface area contributed by atoms with E-state index in [2.05, 4.69) is 0 Å². The lowest BCUT2D eigenvalue weighted by Gasteiger charge is -2.30. The summed E-state index contributed by atoms with van der Waals surface area (Å²) in [4.78, 5) is 96.3. The van der Waals surface area contributed by atoms with E-state index in [4.69, 9.17) is 90.8 Å². The van der Waals surface area contributed by atoms with Crippen LogP contribution in [0.2, 0.25) is 0 Å². The second kappa shape index (κ2) is 30.6. The zero-order chi connectivity index (χ0) is 55.8. The molecule has 0 aliphatic carbocycles. The summed E-state index contributed by atoms with van der Waals surface area (Å²) in [6, 6.07) is 3.00. The number of nitrogens with zero attached hydrogens (tertiary/aromatic N) is 2. The van der Waals surface area contributed by atoms with Gasteiger partial charge in [0.25, 0.3) is 5.91 Å². The van der Waals surface area contributed by atoms with Crippen molar-refractivity contribution in [2.45, 2.75) is 103 Å². The van der Waals surface area contributed by atoms with Crippen molar-refractivity contribution >= 4 is 58.9 Å². The number of hydrogen-bond acceptors (Lipinski definition) is 25. The van der Waals surface area contributed by atoms with Gasteiger partial charge < -0.3 is 82.7 Å². The fraction of sp³-hybridized carbons (Fsp3) is 0.585. The first-order chi connectivity index (χ1) is 34.8. The zero-order valence-electron chi connectivity index (χ0n) is 40.4. The molecule has 0 aromatic carbocycles. The molecule has 8 atom stereocenters. The Morgan fingerprint density at radius 1 is 0.649 bits per heavy atom. The minimum Gasteiger partial charge on any atom is -0.435 e. The van der Waals surface area contributed by atoms with Gasteiger partial charge in [0.1, 0.15) is 31.0 Å². The molecule has 3 aliphatic rings. The molecular formula is C41H56F3N4O25S+. The number of primary amides is 2. The number of pyridine rings is 1. The smallest absolute Gasteiger partial charge is 0.435 e. The van der Waals surface area contributed by atoms with Crippen molar-refractivity contribution in [1.29, 1.82) is 0 Å². The number of carbonyl (C=O) groups excluding carboxylic acids is 8. The Morgan fingerprint density at radius 3 is 1.47 bits per heavy atom. The van der Waals surface area contributed by atoms with Gasteiger partial charge >= 0.3 is 58.8 Å². The third-order valence-corrected chi connectivity index (χ3v) is 9.61. The highest BCUT2D eigenvalue weighted by Crippen LogP contribution is 2.34. The van der Waals surface area contributed by atoms with Gasteiger partial charge in [-0.3, -0.25) is 14.1 Å². The fourth-order valence-corrected chi connectivity index (χ4v) is 6.07. The lowest BCUT2D eigenvalue weighted by molar-refractivity contribution is -0.765. The molecule has 1 aromatic heterocycles. The largest absolute Gasteiger partial charge is 0.522 e. The molecule has 0 radical (unpaired) electrons. The van der Waals surface area contributed by atoms with Gasteiger partial charge in [0.15, 0.2) is 36.9 Å². The molecule has 4 heterocycles. The number of amides is 2. The van der Waals surface area contributed by atoms with Crippen LogP contribution in [-0.2, 0) is 81.2 Å². The summed E-state index contributed by atoms with van der Waals surface area (Å²) in [5.41, 5.74) is 5.60. The van der Waals surface area contributed by atoms with Crippen molar-refractivity contribution < 1.29 is 135 Å². The van der Waals surface area contributed by atoms with Crippen molar-refractivity contribution in [3.05, 3.63) is 54.1 Å². The van der Waals surface area contributed by atoms with Crippen LogP contribution in [0.15, 0.2) is 48.6 Å². The van der Waals surface area contributed by atoms with Crippen LogP contribution in [0.5, 0.6) is 0 Å². The van der Waals surface area contributed by atoms with E-state index >= 15 is 0 Å². The van der Waals surface area contributed by atoms with E-state index in [1.807, 2.05) is 0 Å². The summed E-state index contributed by atoms with van der Waals surface area (Å²) < 4.78 is 131. The third-order valence-electron chi connectivity index (χ3n) is 9.03. The molecule has 2 fully saturated rings. The normalized spacial score (nSPS) is 21.8. The lowest BCUT2D eigenvalue weighted by Crippen LogP contribution is -2.49. The average Bonchev–Trinajstić information content (AvgIpc) is 3.83. The molecule has 5 N–H and O–H groups in total. The summed E-state index contributed by atoms with van der Waals surface area (Å²) in [7, 11) is -5.84. The van der Waals surface area contributed by atoms with Gasteiger partial charge in [-0.1, -0.05) is 6.08 Å². The molecule has 3 aliphatic heterocycles. The maximum Gasteiger partial charge on any atom is 0.522 e. The van der Waals surface area contributed by atoms with E-state index in [-0.39, 0.29) is 50.8 Å². The second-order valence-electron chi connectivity index (χ2n) is 14.1. The molecule has 2 saturated heterocycles. The average molecular weight is 1090 g/mol. The second-order valence-corrected chi connectivity index (χ2v) is 15.5. The highest BCUT2D eigenvalue weighted by atomic mass is 32.2. The summed E-state index contributed by atoms with van der Waals surface area (Å²) in [6.07, 6.45) is -7.70. The Kier molecular flexibility index (Phi) is 25.9. The molecule has 0 bridgehead atoms. The number of allylic oxidation sites excluding steroid dienone is 1. The minimum absolute atomic E-state index is 0.0264. The molecule has 2 amide bonds. The van der Waals surface area contributed by atoms with E-state index in [0.717, 1.165) is 0 Å². The highest BCUT2D eigenvalue weighted by molar-refractivity contribution is 7.86. The Labute approximate surface area is 419 Å². The molecule has 0 unspecified atom stereocenters. The van der Waals surface area contributed by atoms with E-state index in [9.17, 15) is 51.5 Å². The van der Waals surface area contributed by atoms with Crippen LogP contribution in [0.3, 0.4) is 0 Å². The number of carbonyl (C=O) groups is 8. The van der Waals surface area contributed by atoms with Gasteiger partial charge in [-0.15, -0.1) is 0 Å². The molecule has 4 rings (SSSR count). The molecule has 416 valence electrons. The van der Waals surface area contributed by atoms with Crippen LogP contribution in [0.4, 0.5) is 41.9 Å². The quantitative estimate of drug-likeness (QED) is 0.0624. The molecule has 33 heteroatoms. The molecule has 29 nitrogen and oxygen atoms in total. The number of ether oxygens (including phenoxy) is 14. The Morgan fingerprint density at radius 2 is 1.05 bits per heavy atom. The van der Waals surface area contributed by atoms with Gasteiger partial charge in [-0.2, -0.15) is 26.2 Å². The number of hydrogen-bond donors (Lipinski definition) is 3. The SMILES string of the molecule is CCOC(=O)OC[C@H]1O[C@@H](N2C=CCC(C(N)=O)=C2)[C@H](OC(=O)OCC)[C@@H]1OC(=O)OCC.CCOC(=O)OC[C@H]1O[C@@H]([n+]2cccc(C(N)=O)c2)[C@H](OC(=O)OCC)[C@@H]1OC(=O)OCC.O=S(=O)(O)C(F)(F)F. The Hall–Kier alpha value is -7.39. The molecule has 74 heavy (non-hydrogen) atoms. The van der Waals surface area contributed by atoms with Gasteiger partial charge in [0.2, 0.25) is 12.0 Å². The van der Waals surface area contributed by atoms with Gasteiger partial charge in [-0.25, -0.2) is 28.8 Å². The van der Waals surface area contributed by atoms with E-state index < -0.39 is 127 Å². The highest BCUT2D eigenvalue weighted by Gasteiger charge is 2.56. The summed E-state index contributed by atoms with van der Waals surface area (Å²) >= 11 is 0. The number of nitrogens with two attached hydrogens (primary N) is 2. The van der Waals surface area contributed by atoms with Gasteiger partial charge in [-0.05, 0) is 54.0 Å². The molecule has 1 aromatic rings. The van der Waals surface area contributed by atoms with E-state index in [1.165, 1.54) is 40.2 Å². The van der Waals surface area contributed by atoms with E-state index in [0.29, 0.717) is 6.42 Å². The predicted molar refractivity (Wildman–Crippen MR) is 232 cm³/mol. The fourth-order valence-electron chi connectivity index (χ4n) is 6.07. The molecular weight excluding hydrogens is 1040 g/mol. The van der Waals surface area contributed by atoms with Crippen molar-refractivity contribution in [3.63, 3.8) is 0 Å². The van der Waals surface area contributed by atoms with Crippen molar-refractivity contribution in [3.8, 4) is 0 Å². The summed E-state index contributed by atoms with van der Waals surface area (Å²) in [5.74, 6) is -1.35. The lowest BCUT2D eigenvalue weighted by atomic mass is 10.1. The van der Waals surface area contributed by atoms with Crippen molar-refractivity contribution in [2.75, 3.05) is 52.9 Å². The van der Waals surface area contributed by atoms with Crippen molar-refractivity contribution in [1.82, 2.24) is 4.90 Å². The number of halogens is 3. The van der Waals surface area contributed by atoms with Crippen LogP contribution < -0.4 is 16.0 Å². The first-order valence-electron chi connectivity index (χ1n) is 21.9. The maximum atomic E-state index is 12.1. The number of alkyl halides is 3. The predicted octanol–water partition coefficient (Wildman–Crippen LogP) is 3.18. The van der Waals surface area contributed by atoms with Crippen LogP contribution >= 0.6 is 0 Å². The topological polar surface area (TPSA) is 379 Å². The number of rotatable bonds is 18. The standard InChI is InChI=1S/C20H28N2O11.C20H26N2O11.CHF3O3S/c2*1-4-27-18(24)30-11-13-14(32-19(25)28-5-2)15(33-20(26)29-6-3)17(31-13)22-9-7-8-12(10-22)16(21)23;2-1(3,4)8(5,6)7/h7,9-10,13-15,17H,4-6,8,11H2,1-3H3,(H2,21,23);7-10,13-15,17H,4-6,11H2,1-3H3,(H-,21,23);(H,5,6,7)/p+1/t2*13-,14-,15-,17-;/m11./s1. The Bertz CT molecular complexity index is 2250. The van der Waals surface area contributed by atoms with Crippen LogP contribution in [-0.4, -0.2) is 168 Å². The number of aromatic nitrogens is 1. The minimum atomic E-state index is -5.84. The third kappa shape index (κ3) is 20.3. The van der Waals surface area contributed by atoms with Gasteiger partial charge in [0, 0.05) is 24.0 Å². The molecule has 0 saturated carbocycles. The van der Waals surface area contributed by atoms with Gasteiger partial charge in [0.05, 0.1) is 39.6 Å². The summed E-state index contributed by atoms with van der Waals surface area (Å²) in [5, 5.41) is 0.